The van der Waals surface area contributed by atoms with Crippen LogP contribution in [0.5, 0.6) is 0 Å². The summed E-state index contributed by atoms with van der Waals surface area (Å²) in [6.07, 6.45) is 9.42. The van der Waals surface area contributed by atoms with Crippen molar-refractivity contribution in [2.75, 3.05) is 0 Å². The third-order valence-electron chi connectivity index (χ3n) is 1.70. The highest BCUT2D eigenvalue weighted by Gasteiger charge is 1.96. The van der Waals surface area contributed by atoms with Crippen molar-refractivity contribution in [2.45, 2.75) is 6.92 Å². The van der Waals surface area contributed by atoms with E-state index in [0.717, 1.165) is 11.1 Å². The normalized spacial score (nSPS) is 12.0. The third-order valence-corrected chi connectivity index (χ3v) is 1.93. The van der Waals surface area contributed by atoms with Crippen molar-refractivity contribution in [1.29, 1.82) is 0 Å². The minimum Gasteiger partial charge on any atom is -0.244 e. The van der Waals surface area contributed by atoms with Crippen LogP contribution in [0.1, 0.15) is 12.5 Å². The summed E-state index contributed by atoms with van der Waals surface area (Å²) >= 11 is 5.70. The zero-order chi connectivity index (χ0) is 10.4. The largest absolute Gasteiger partial charge is 0.244 e. The molecule has 14 heavy (non-hydrogen) atoms. The number of aromatic nitrogens is 1. The zero-order valence-corrected chi connectivity index (χ0v) is 8.83. The monoisotopic (exact) mass is 205 g/mol. The van der Waals surface area contributed by atoms with Gasteiger partial charge in [0.15, 0.2) is 0 Å². The van der Waals surface area contributed by atoms with Gasteiger partial charge in [0.2, 0.25) is 0 Å². The standard InChI is InChI=1S/C12H12ClN/c1-3-5-10(6-4-2)11-7-8-12(13)14-9-11/h3-9H,1H2,2H3/b6-4-,10-5+. The van der Waals surface area contributed by atoms with E-state index in [4.69, 9.17) is 11.6 Å². The Morgan fingerprint density at radius 2 is 2.29 bits per heavy atom. The van der Waals surface area contributed by atoms with E-state index >= 15 is 0 Å². The summed E-state index contributed by atoms with van der Waals surface area (Å²) < 4.78 is 0. The first-order valence-electron chi connectivity index (χ1n) is 4.35. The molecule has 1 nitrogen and oxygen atoms in total. The van der Waals surface area contributed by atoms with Crippen LogP contribution in [0.15, 0.2) is 49.2 Å². The Morgan fingerprint density at radius 1 is 1.50 bits per heavy atom. The van der Waals surface area contributed by atoms with Crippen LogP contribution >= 0.6 is 11.6 Å². The molecule has 0 radical (unpaired) electrons. The molecule has 0 aliphatic rings. The molecular formula is C12H12ClN. The molecular weight excluding hydrogens is 194 g/mol. The molecule has 0 amide bonds. The second-order valence-corrected chi connectivity index (χ2v) is 3.11. The second kappa shape index (κ2) is 5.40. The number of pyridine rings is 1. The van der Waals surface area contributed by atoms with Gasteiger partial charge in [-0.2, -0.15) is 0 Å². The van der Waals surface area contributed by atoms with Crippen LogP contribution in [0.3, 0.4) is 0 Å². The van der Waals surface area contributed by atoms with Gasteiger partial charge in [-0.3, -0.25) is 0 Å². The molecule has 0 saturated carbocycles. The van der Waals surface area contributed by atoms with Gasteiger partial charge < -0.3 is 0 Å². The van der Waals surface area contributed by atoms with Gasteiger partial charge >= 0.3 is 0 Å². The van der Waals surface area contributed by atoms with E-state index < -0.39 is 0 Å². The summed E-state index contributed by atoms with van der Waals surface area (Å²) in [5.74, 6) is 0. The molecule has 0 bridgehead atoms. The van der Waals surface area contributed by atoms with Crippen LogP contribution in [0.2, 0.25) is 5.15 Å². The maximum absolute atomic E-state index is 5.70. The first-order valence-corrected chi connectivity index (χ1v) is 4.73. The molecule has 0 unspecified atom stereocenters. The maximum atomic E-state index is 5.70. The minimum absolute atomic E-state index is 0.507. The Labute approximate surface area is 89.4 Å². The fourth-order valence-electron chi connectivity index (χ4n) is 1.10. The van der Waals surface area contributed by atoms with Gasteiger partial charge in [0, 0.05) is 11.8 Å². The Hall–Kier alpha value is -1.34. The third kappa shape index (κ3) is 2.86. The predicted molar refractivity (Wildman–Crippen MR) is 62.2 cm³/mol. The van der Waals surface area contributed by atoms with E-state index in [9.17, 15) is 0 Å². The Balaban J connectivity index is 3.05. The fraction of sp³-hybridized carbons (Fsp3) is 0.0833. The first-order chi connectivity index (χ1) is 6.77. The highest BCUT2D eigenvalue weighted by atomic mass is 35.5. The topological polar surface area (TPSA) is 12.9 Å². The van der Waals surface area contributed by atoms with Crippen molar-refractivity contribution in [3.8, 4) is 0 Å². The van der Waals surface area contributed by atoms with E-state index in [-0.39, 0.29) is 0 Å². The van der Waals surface area contributed by atoms with Crippen molar-refractivity contribution in [1.82, 2.24) is 4.98 Å². The summed E-state index contributed by atoms with van der Waals surface area (Å²) in [5, 5.41) is 0.507. The number of hydrogen-bond acceptors (Lipinski definition) is 1. The van der Waals surface area contributed by atoms with Gasteiger partial charge in [0.25, 0.3) is 0 Å². The van der Waals surface area contributed by atoms with Gasteiger partial charge in [-0.05, 0) is 24.6 Å². The molecule has 0 spiro atoms. The van der Waals surface area contributed by atoms with Crippen molar-refractivity contribution in [2.24, 2.45) is 0 Å². The molecule has 0 N–H and O–H groups in total. The van der Waals surface area contributed by atoms with Gasteiger partial charge in [-0.15, -0.1) is 0 Å². The molecule has 72 valence electrons. The van der Waals surface area contributed by atoms with Crippen molar-refractivity contribution in [3.05, 3.63) is 59.9 Å². The van der Waals surface area contributed by atoms with Crippen LogP contribution in [-0.4, -0.2) is 4.98 Å². The molecule has 0 aromatic carbocycles. The SMILES string of the molecule is C=C/C=C(\C=C/C)c1ccc(Cl)nc1. The zero-order valence-electron chi connectivity index (χ0n) is 8.07. The van der Waals surface area contributed by atoms with Crippen LogP contribution in [0.25, 0.3) is 5.57 Å². The molecule has 0 aliphatic carbocycles. The lowest BCUT2D eigenvalue weighted by Gasteiger charge is -2.00. The highest BCUT2D eigenvalue weighted by Crippen LogP contribution is 2.16. The number of nitrogens with zero attached hydrogens (tertiary/aromatic N) is 1. The van der Waals surface area contributed by atoms with E-state index in [1.54, 1.807) is 18.3 Å². The van der Waals surface area contributed by atoms with E-state index in [0.29, 0.717) is 5.15 Å². The molecule has 1 heterocycles. The van der Waals surface area contributed by atoms with Gasteiger partial charge in [-0.25, -0.2) is 4.98 Å². The highest BCUT2D eigenvalue weighted by molar-refractivity contribution is 6.29. The number of allylic oxidation sites excluding steroid dienone is 5. The number of hydrogen-bond donors (Lipinski definition) is 0. The predicted octanol–water partition coefficient (Wildman–Crippen LogP) is 3.88. The average Bonchev–Trinajstić information content (AvgIpc) is 2.19. The fourth-order valence-corrected chi connectivity index (χ4v) is 1.21. The summed E-state index contributed by atoms with van der Waals surface area (Å²) in [6, 6.07) is 3.71. The molecule has 0 aliphatic heterocycles. The first kappa shape index (κ1) is 10.7. The summed E-state index contributed by atoms with van der Waals surface area (Å²) in [6.45, 7) is 5.64. The Bertz CT molecular complexity index is 360. The average molecular weight is 206 g/mol. The molecule has 0 atom stereocenters. The quantitative estimate of drug-likeness (QED) is 0.539. The Kier molecular flexibility index (Phi) is 4.14. The van der Waals surface area contributed by atoms with Crippen molar-refractivity contribution < 1.29 is 0 Å². The van der Waals surface area contributed by atoms with E-state index in [1.807, 2.05) is 31.2 Å². The number of halogens is 1. The molecule has 1 aromatic heterocycles. The number of rotatable bonds is 3. The van der Waals surface area contributed by atoms with Crippen molar-refractivity contribution >= 4 is 17.2 Å². The maximum Gasteiger partial charge on any atom is 0.129 e. The van der Waals surface area contributed by atoms with Crippen LogP contribution in [0.4, 0.5) is 0 Å². The molecule has 1 aromatic rings. The lowest BCUT2D eigenvalue weighted by atomic mass is 10.1. The summed E-state index contributed by atoms with van der Waals surface area (Å²) in [4.78, 5) is 4.02. The van der Waals surface area contributed by atoms with Gasteiger partial charge in [0.05, 0.1) is 0 Å². The minimum atomic E-state index is 0.507. The van der Waals surface area contributed by atoms with Crippen molar-refractivity contribution in [3.63, 3.8) is 0 Å². The molecule has 1 rings (SSSR count). The lowest BCUT2D eigenvalue weighted by Crippen LogP contribution is -1.82. The summed E-state index contributed by atoms with van der Waals surface area (Å²) in [7, 11) is 0. The second-order valence-electron chi connectivity index (χ2n) is 2.73. The molecule has 0 fully saturated rings. The van der Waals surface area contributed by atoms with Gasteiger partial charge in [-0.1, -0.05) is 42.5 Å². The molecule has 2 heteroatoms. The van der Waals surface area contributed by atoms with E-state index in [1.165, 1.54) is 0 Å². The molecule has 0 saturated heterocycles. The van der Waals surface area contributed by atoms with Crippen LogP contribution in [0, 0.1) is 0 Å². The van der Waals surface area contributed by atoms with Crippen LogP contribution in [-0.2, 0) is 0 Å². The van der Waals surface area contributed by atoms with Gasteiger partial charge in [0.1, 0.15) is 5.15 Å². The Morgan fingerprint density at radius 3 is 2.79 bits per heavy atom. The summed E-state index contributed by atoms with van der Waals surface area (Å²) in [5.41, 5.74) is 2.11. The smallest absolute Gasteiger partial charge is 0.129 e. The van der Waals surface area contributed by atoms with Crippen LogP contribution < -0.4 is 0 Å². The lowest BCUT2D eigenvalue weighted by molar-refractivity contribution is 1.31. The van der Waals surface area contributed by atoms with E-state index in [2.05, 4.69) is 11.6 Å².